The molecule has 1 aromatic carbocycles. The van der Waals surface area contributed by atoms with Crippen molar-refractivity contribution in [1.29, 1.82) is 0 Å². The molecule has 25 heavy (non-hydrogen) atoms. The van der Waals surface area contributed by atoms with Gasteiger partial charge >= 0.3 is 0 Å². The maximum absolute atomic E-state index is 6.00. The number of benzene rings is 1. The lowest BCUT2D eigenvalue weighted by Gasteiger charge is -2.04. The molecule has 0 radical (unpaired) electrons. The van der Waals surface area contributed by atoms with Crippen molar-refractivity contribution in [1.82, 2.24) is 4.57 Å². The largest absolute Gasteiger partial charge is 0.342 e. The number of aromatic nitrogens is 2. The van der Waals surface area contributed by atoms with Crippen molar-refractivity contribution < 1.29 is 9.30 Å². The van der Waals surface area contributed by atoms with Gasteiger partial charge in [-0.3, -0.25) is 0 Å². The van der Waals surface area contributed by atoms with Gasteiger partial charge in [0.2, 0.25) is 0 Å². The van der Waals surface area contributed by atoms with Gasteiger partial charge in [-0.1, -0.05) is 70.9 Å². The molecule has 1 heterocycles. The van der Waals surface area contributed by atoms with E-state index in [4.69, 9.17) is 4.74 Å². The van der Waals surface area contributed by atoms with Crippen molar-refractivity contribution in [3.05, 3.63) is 30.1 Å². The minimum atomic E-state index is 0.668. The number of rotatable bonds is 13. The third-order valence-electron chi connectivity index (χ3n) is 5.09. The van der Waals surface area contributed by atoms with Crippen LogP contribution < -0.4 is 4.57 Å². The molecule has 0 amide bonds. The molecule has 2 rings (SSSR count). The maximum atomic E-state index is 6.00. The number of ether oxygens (including phenoxy) is 1. The van der Waals surface area contributed by atoms with Gasteiger partial charge in [0.05, 0.1) is 13.2 Å². The van der Waals surface area contributed by atoms with Crippen LogP contribution in [0.3, 0.4) is 0 Å². The number of para-hydroxylation sites is 2. The maximum Gasteiger partial charge on any atom is 0.256 e. The van der Waals surface area contributed by atoms with Crippen LogP contribution in [0.2, 0.25) is 0 Å². The van der Waals surface area contributed by atoms with Gasteiger partial charge in [0.1, 0.15) is 0 Å². The standard InChI is InChI=1S/C22H37N2O/c1-4-6-8-9-10-11-14-18-25-19-24-20(3)23(17-7-5-2)21-15-12-13-16-22(21)24/h12-13,15-16H,4-11,14,17-19H2,1-3H3/q+1. The second-order valence-corrected chi connectivity index (χ2v) is 7.13. The van der Waals surface area contributed by atoms with E-state index >= 15 is 0 Å². The molecule has 3 nitrogen and oxygen atoms in total. The summed E-state index contributed by atoms with van der Waals surface area (Å²) in [4.78, 5) is 0. The Morgan fingerprint density at radius 1 is 0.880 bits per heavy atom. The number of imidazole rings is 1. The molecule has 0 saturated carbocycles. The van der Waals surface area contributed by atoms with Gasteiger partial charge in [0.15, 0.2) is 17.8 Å². The summed E-state index contributed by atoms with van der Waals surface area (Å²) in [7, 11) is 0. The Morgan fingerprint density at radius 3 is 2.32 bits per heavy atom. The van der Waals surface area contributed by atoms with Crippen LogP contribution in [0.15, 0.2) is 24.3 Å². The highest BCUT2D eigenvalue weighted by molar-refractivity contribution is 5.72. The lowest BCUT2D eigenvalue weighted by Crippen LogP contribution is -2.38. The zero-order chi connectivity index (χ0) is 17.9. The topological polar surface area (TPSA) is 18.0 Å². The number of hydrogen-bond acceptors (Lipinski definition) is 1. The molecular formula is C22H37N2O+. The molecule has 0 bridgehead atoms. The fourth-order valence-corrected chi connectivity index (χ4v) is 3.49. The summed E-state index contributed by atoms with van der Waals surface area (Å²) < 4.78 is 10.8. The highest BCUT2D eigenvalue weighted by Crippen LogP contribution is 2.15. The van der Waals surface area contributed by atoms with Crippen LogP contribution in [0.4, 0.5) is 0 Å². The predicted octanol–water partition coefficient (Wildman–Crippen LogP) is 5.76. The summed E-state index contributed by atoms with van der Waals surface area (Å²) in [6.45, 7) is 9.36. The summed E-state index contributed by atoms with van der Waals surface area (Å²) in [5.41, 5.74) is 2.61. The summed E-state index contributed by atoms with van der Waals surface area (Å²) in [5.74, 6) is 1.30. The molecule has 2 aromatic rings. The molecule has 0 aliphatic heterocycles. The molecule has 0 N–H and O–H groups in total. The Labute approximate surface area is 154 Å². The van der Waals surface area contributed by atoms with Crippen LogP contribution in [0, 0.1) is 6.92 Å². The van der Waals surface area contributed by atoms with Gasteiger partial charge in [0.25, 0.3) is 5.82 Å². The normalized spacial score (nSPS) is 11.5. The third kappa shape index (κ3) is 5.85. The fraction of sp³-hybridized carbons (Fsp3) is 0.682. The average molecular weight is 346 g/mol. The van der Waals surface area contributed by atoms with E-state index in [1.54, 1.807) is 0 Å². The first-order chi connectivity index (χ1) is 12.3. The Morgan fingerprint density at radius 2 is 1.56 bits per heavy atom. The molecule has 0 aliphatic carbocycles. The summed E-state index contributed by atoms with van der Waals surface area (Å²) in [5, 5.41) is 0. The van der Waals surface area contributed by atoms with Crippen molar-refractivity contribution >= 4 is 11.0 Å². The fourth-order valence-electron chi connectivity index (χ4n) is 3.49. The highest BCUT2D eigenvalue weighted by atomic mass is 16.5. The number of unbranched alkanes of at least 4 members (excludes halogenated alkanes) is 7. The number of nitrogens with zero attached hydrogens (tertiary/aromatic N) is 2. The third-order valence-corrected chi connectivity index (χ3v) is 5.09. The monoisotopic (exact) mass is 345 g/mol. The molecule has 0 atom stereocenters. The summed E-state index contributed by atoms with van der Waals surface area (Å²) in [6, 6.07) is 8.69. The van der Waals surface area contributed by atoms with E-state index in [0.717, 1.165) is 13.2 Å². The van der Waals surface area contributed by atoms with Crippen molar-refractivity contribution in [3.8, 4) is 0 Å². The number of hydrogen-bond donors (Lipinski definition) is 0. The number of fused-ring (bicyclic) bond motifs is 1. The van der Waals surface area contributed by atoms with Crippen molar-refractivity contribution in [2.45, 2.75) is 91.8 Å². The molecule has 0 saturated heterocycles. The number of aryl methyl sites for hydroxylation is 1. The Hall–Kier alpha value is -1.35. The predicted molar refractivity (Wildman–Crippen MR) is 106 cm³/mol. The Balaban J connectivity index is 1.83. The van der Waals surface area contributed by atoms with Crippen molar-refractivity contribution in [2.75, 3.05) is 6.61 Å². The molecule has 0 spiro atoms. The van der Waals surface area contributed by atoms with Gasteiger partial charge in [-0.15, -0.1) is 0 Å². The van der Waals surface area contributed by atoms with E-state index in [0.29, 0.717) is 6.73 Å². The first kappa shape index (κ1) is 20.0. The molecule has 140 valence electrons. The van der Waals surface area contributed by atoms with E-state index in [1.165, 1.54) is 74.6 Å². The smallest absolute Gasteiger partial charge is 0.256 e. The zero-order valence-electron chi connectivity index (χ0n) is 16.6. The van der Waals surface area contributed by atoms with Gasteiger partial charge in [-0.2, -0.15) is 0 Å². The van der Waals surface area contributed by atoms with E-state index in [1.807, 2.05) is 0 Å². The van der Waals surface area contributed by atoms with Gasteiger partial charge in [-0.25, -0.2) is 9.13 Å². The minimum Gasteiger partial charge on any atom is -0.342 e. The van der Waals surface area contributed by atoms with E-state index in [-0.39, 0.29) is 0 Å². The quantitative estimate of drug-likeness (QED) is 0.333. The first-order valence-electron chi connectivity index (χ1n) is 10.3. The molecule has 1 aromatic heterocycles. The van der Waals surface area contributed by atoms with Gasteiger partial charge < -0.3 is 4.74 Å². The summed E-state index contributed by atoms with van der Waals surface area (Å²) in [6.07, 6.45) is 11.8. The Kier molecular flexibility index (Phi) is 9.03. The second kappa shape index (κ2) is 11.3. The highest BCUT2D eigenvalue weighted by Gasteiger charge is 2.20. The SMILES string of the molecule is CCCCCCCCCOC[n+]1c(C)n(CCCC)c2ccccc21. The minimum absolute atomic E-state index is 0.668. The van der Waals surface area contributed by atoms with Crippen molar-refractivity contribution in [2.24, 2.45) is 0 Å². The van der Waals surface area contributed by atoms with Crippen LogP contribution in [0.5, 0.6) is 0 Å². The van der Waals surface area contributed by atoms with Crippen LogP contribution in [-0.4, -0.2) is 11.2 Å². The molecule has 0 fully saturated rings. The van der Waals surface area contributed by atoms with Gasteiger partial charge in [-0.05, 0) is 25.0 Å². The van der Waals surface area contributed by atoms with Crippen LogP contribution in [0.25, 0.3) is 11.0 Å². The van der Waals surface area contributed by atoms with Crippen LogP contribution in [-0.2, 0) is 18.0 Å². The lowest BCUT2D eigenvalue weighted by atomic mass is 10.1. The van der Waals surface area contributed by atoms with E-state index < -0.39 is 0 Å². The first-order valence-corrected chi connectivity index (χ1v) is 10.3. The molecule has 3 heteroatoms. The molecule has 0 aliphatic rings. The van der Waals surface area contributed by atoms with Crippen LogP contribution in [0.1, 0.15) is 77.5 Å². The zero-order valence-corrected chi connectivity index (χ0v) is 16.6. The van der Waals surface area contributed by atoms with Gasteiger partial charge in [0, 0.05) is 6.92 Å². The van der Waals surface area contributed by atoms with E-state index in [9.17, 15) is 0 Å². The average Bonchev–Trinajstić information content (AvgIpc) is 2.90. The summed E-state index contributed by atoms with van der Waals surface area (Å²) >= 11 is 0. The second-order valence-electron chi connectivity index (χ2n) is 7.13. The van der Waals surface area contributed by atoms with E-state index in [2.05, 4.69) is 54.2 Å². The Bertz CT molecular complexity index is 618. The molecular weight excluding hydrogens is 308 g/mol. The van der Waals surface area contributed by atoms with Crippen molar-refractivity contribution in [3.63, 3.8) is 0 Å². The molecule has 0 unspecified atom stereocenters. The lowest BCUT2D eigenvalue weighted by molar-refractivity contribution is -0.715. The van der Waals surface area contributed by atoms with Crippen LogP contribution >= 0.6 is 0 Å².